The normalized spacial score (nSPS) is 24.2. The number of carbonyl (C=O) groups excluding carboxylic acids is 1. The van der Waals surface area contributed by atoms with Gasteiger partial charge in [0.1, 0.15) is 0 Å². The van der Waals surface area contributed by atoms with Gasteiger partial charge in [-0.15, -0.1) is 0 Å². The second-order valence-electron chi connectivity index (χ2n) is 8.64. The fourth-order valence-corrected chi connectivity index (χ4v) is 5.31. The zero-order valence-corrected chi connectivity index (χ0v) is 16.7. The van der Waals surface area contributed by atoms with Crippen LogP contribution in [0.5, 0.6) is 0 Å². The van der Waals surface area contributed by atoms with E-state index in [4.69, 9.17) is 0 Å². The monoisotopic (exact) mass is 375 g/mol. The summed E-state index contributed by atoms with van der Waals surface area (Å²) in [7, 11) is 0. The molecule has 3 aliphatic heterocycles. The van der Waals surface area contributed by atoms with Gasteiger partial charge in [0.15, 0.2) is 0 Å². The molecule has 2 aromatic rings. The molecule has 1 fully saturated rings. The number of rotatable bonds is 3. The van der Waals surface area contributed by atoms with Crippen LogP contribution >= 0.6 is 0 Å². The minimum atomic E-state index is -0.0775. The molecule has 0 saturated carbocycles. The summed E-state index contributed by atoms with van der Waals surface area (Å²) in [6, 6.07) is 15.1. The first-order valence-electron chi connectivity index (χ1n) is 10.7. The summed E-state index contributed by atoms with van der Waals surface area (Å²) in [5.41, 5.74) is 6.28. The third-order valence-corrected chi connectivity index (χ3v) is 6.87. The van der Waals surface area contributed by atoms with E-state index in [0.717, 1.165) is 64.0 Å². The van der Waals surface area contributed by atoms with Gasteiger partial charge in [-0.05, 0) is 61.4 Å². The molecule has 1 spiro atoms. The van der Waals surface area contributed by atoms with E-state index >= 15 is 0 Å². The fourth-order valence-electron chi connectivity index (χ4n) is 5.31. The number of carbonyl (C=O) groups is 1. The maximum atomic E-state index is 12.8. The lowest BCUT2D eigenvalue weighted by Gasteiger charge is -2.29. The number of likely N-dealkylation sites (tertiary alicyclic amines) is 1. The number of nitrogens with one attached hydrogen (secondary N) is 1. The standard InChI is InChI=1S/C24H29N3O/c1-2-27-13-10-20-15-18(7-8-22(20)27)16-26-14-12-24(17-26)11-9-19-5-3-4-6-21(19)23(28)25-24/h3-8,15H,2,9-14,16-17H2,1H3,(H,25,28). The Morgan fingerprint density at radius 3 is 2.82 bits per heavy atom. The Kier molecular flexibility index (Phi) is 4.39. The van der Waals surface area contributed by atoms with Gasteiger partial charge in [-0.2, -0.15) is 0 Å². The number of hydrogen-bond donors (Lipinski definition) is 1. The predicted molar refractivity (Wildman–Crippen MR) is 113 cm³/mol. The predicted octanol–water partition coefficient (Wildman–Crippen LogP) is 3.39. The summed E-state index contributed by atoms with van der Waals surface area (Å²) in [6.07, 6.45) is 4.22. The van der Waals surface area contributed by atoms with E-state index in [-0.39, 0.29) is 11.4 Å². The Hall–Kier alpha value is -2.33. The van der Waals surface area contributed by atoms with Crippen molar-refractivity contribution in [3.63, 3.8) is 0 Å². The third-order valence-electron chi connectivity index (χ3n) is 6.87. The highest BCUT2D eigenvalue weighted by Crippen LogP contribution is 2.33. The van der Waals surface area contributed by atoms with Crippen molar-refractivity contribution in [1.82, 2.24) is 10.2 Å². The van der Waals surface area contributed by atoms with Gasteiger partial charge in [0.25, 0.3) is 5.91 Å². The molecule has 4 heteroatoms. The van der Waals surface area contributed by atoms with Gasteiger partial charge in [0.05, 0.1) is 5.54 Å². The maximum Gasteiger partial charge on any atom is 0.252 e. The molecule has 1 saturated heterocycles. The molecule has 0 bridgehead atoms. The largest absolute Gasteiger partial charge is 0.371 e. The first-order chi connectivity index (χ1) is 13.7. The average molecular weight is 376 g/mol. The van der Waals surface area contributed by atoms with Crippen LogP contribution in [0.2, 0.25) is 0 Å². The SMILES string of the molecule is CCN1CCc2cc(CN3CCC4(CCc5ccccc5C(=O)N4)C3)ccc21. The molecule has 3 heterocycles. The van der Waals surface area contributed by atoms with Gasteiger partial charge in [-0.3, -0.25) is 9.69 Å². The van der Waals surface area contributed by atoms with E-state index in [0.29, 0.717) is 0 Å². The van der Waals surface area contributed by atoms with Crippen molar-refractivity contribution in [2.24, 2.45) is 0 Å². The summed E-state index contributed by atoms with van der Waals surface area (Å²) in [5, 5.41) is 3.39. The minimum absolute atomic E-state index is 0.0775. The van der Waals surface area contributed by atoms with Crippen LogP contribution in [-0.4, -0.2) is 42.5 Å². The van der Waals surface area contributed by atoms with Gasteiger partial charge >= 0.3 is 0 Å². The Labute approximate surface area is 167 Å². The molecule has 5 rings (SSSR count). The molecule has 1 atom stereocenters. The summed E-state index contributed by atoms with van der Waals surface area (Å²) < 4.78 is 0. The fraction of sp³-hybridized carbons (Fsp3) is 0.458. The van der Waals surface area contributed by atoms with Crippen LogP contribution in [0.3, 0.4) is 0 Å². The van der Waals surface area contributed by atoms with E-state index in [1.807, 2.05) is 18.2 Å². The highest BCUT2D eigenvalue weighted by atomic mass is 16.1. The topological polar surface area (TPSA) is 35.6 Å². The molecule has 1 amide bonds. The highest BCUT2D eigenvalue weighted by molar-refractivity contribution is 5.96. The molecule has 2 aromatic carbocycles. The average Bonchev–Trinajstić information content (AvgIpc) is 3.26. The number of fused-ring (bicyclic) bond motifs is 2. The lowest BCUT2D eigenvalue weighted by Crippen LogP contribution is -2.49. The second kappa shape index (κ2) is 6.93. The van der Waals surface area contributed by atoms with Crippen molar-refractivity contribution in [3.8, 4) is 0 Å². The van der Waals surface area contributed by atoms with Gasteiger partial charge in [0, 0.05) is 44.0 Å². The zero-order valence-electron chi connectivity index (χ0n) is 16.7. The molecular weight excluding hydrogens is 346 g/mol. The Bertz CT molecular complexity index is 908. The van der Waals surface area contributed by atoms with E-state index in [2.05, 4.69) is 46.3 Å². The second-order valence-corrected chi connectivity index (χ2v) is 8.64. The van der Waals surface area contributed by atoms with Gasteiger partial charge in [-0.1, -0.05) is 30.3 Å². The summed E-state index contributed by atoms with van der Waals surface area (Å²) >= 11 is 0. The maximum absolute atomic E-state index is 12.8. The van der Waals surface area contributed by atoms with Gasteiger partial charge < -0.3 is 10.2 Å². The highest BCUT2D eigenvalue weighted by Gasteiger charge is 2.41. The molecule has 3 aliphatic rings. The van der Waals surface area contributed by atoms with Crippen molar-refractivity contribution in [2.75, 3.05) is 31.1 Å². The Morgan fingerprint density at radius 1 is 1.04 bits per heavy atom. The molecule has 146 valence electrons. The molecule has 4 nitrogen and oxygen atoms in total. The van der Waals surface area contributed by atoms with E-state index in [1.54, 1.807) is 0 Å². The first-order valence-corrected chi connectivity index (χ1v) is 10.7. The van der Waals surface area contributed by atoms with Crippen LogP contribution in [0, 0.1) is 0 Å². The van der Waals surface area contributed by atoms with Gasteiger partial charge in [-0.25, -0.2) is 0 Å². The number of aryl methyl sites for hydroxylation is 1. The summed E-state index contributed by atoms with van der Waals surface area (Å²) in [6.45, 7) is 7.44. The summed E-state index contributed by atoms with van der Waals surface area (Å²) in [4.78, 5) is 17.8. The molecular formula is C24H29N3O. The van der Waals surface area contributed by atoms with E-state index in [1.165, 1.54) is 22.4 Å². The van der Waals surface area contributed by atoms with Crippen molar-refractivity contribution in [3.05, 3.63) is 64.7 Å². The molecule has 0 aromatic heterocycles. The number of likely N-dealkylation sites (N-methyl/N-ethyl adjacent to an activating group) is 1. The number of benzene rings is 2. The molecule has 0 radical (unpaired) electrons. The van der Waals surface area contributed by atoms with Crippen LogP contribution in [0.1, 0.15) is 46.8 Å². The Morgan fingerprint density at radius 2 is 1.93 bits per heavy atom. The lowest BCUT2D eigenvalue weighted by atomic mass is 9.91. The van der Waals surface area contributed by atoms with Crippen LogP contribution < -0.4 is 10.2 Å². The molecule has 1 N–H and O–H groups in total. The molecule has 0 aliphatic carbocycles. The summed E-state index contributed by atoms with van der Waals surface area (Å²) in [5.74, 6) is 0.104. The van der Waals surface area contributed by atoms with Crippen molar-refractivity contribution >= 4 is 11.6 Å². The van der Waals surface area contributed by atoms with Crippen LogP contribution in [0.25, 0.3) is 0 Å². The van der Waals surface area contributed by atoms with Crippen LogP contribution in [0.4, 0.5) is 5.69 Å². The van der Waals surface area contributed by atoms with Crippen LogP contribution in [0.15, 0.2) is 42.5 Å². The van der Waals surface area contributed by atoms with Crippen molar-refractivity contribution in [1.29, 1.82) is 0 Å². The van der Waals surface area contributed by atoms with Crippen molar-refractivity contribution in [2.45, 2.75) is 44.7 Å². The number of amides is 1. The lowest BCUT2D eigenvalue weighted by molar-refractivity contribution is 0.0902. The van der Waals surface area contributed by atoms with Crippen molar-refractivity contribution < 1.29 is 4.79 Å². The minimum Gasteiger partial charge on any atom is -0.371 e. The van der Waals surface area contributed by atoms with Gasteiger partial charge in [0.2, 0.25) is 0 Å². The van der Waals surface area contributed by atoms with E-state index < -0.39 is 0 Å². The molecule has 28 heavy (non-hydrogen) atoms. The quantitative estimate of drug-likeness (QED) is 0.893. The first kappa shape index (κ1) is 17.7. The molecule has 1 unspecified atom stereocenters. The van der Waals surface area contributed by atoms with E-state index in [9.17, 15) is 4.79 Å². The van der Waals surface area contributed by atoms with Crippen LogP contribution in [-0.2, 0) is 19.4 Å². The number of anilines is 1. The number of nitrogens with zero attached hydrogens (tertiary/aromatic N) is 2. The Balaban J connectivity index is 1.29. The third kappa shape index (κ3) is 3.10. The zero-order chi connectivity index (χ0) is 19.1. The number of hydrogen-bond acceptors (Lipinski definition) is 3. The smallest absolute Gasteiger partial charge is 0.252 e.